The van der Waals surface area contributed by atoms with Crippen LogP contribution in [0.15, 0.2) is 36.7 Å². The number of nitrogens with one attached hydrogen (secondary N) is 1. The van der Waals surface area contributed by atoms with Crippen molar-refractivity contribution in [3.05, 3.63) is 42.4 Å². The molecule has 1 aromatic heterocycles. The number of benzene rings is 1. The standard InChI is InChI=1S/C20H27N5O2/c1-20(2,3)23-18-13-17(21-14-22-18)19(26)25-11-9-24(10-12-25)15-5-7-16(27-4)8-6-15/h5-8,13-14H,9-12H2,1-4H3,(H,21,22,23). The van der Waals surface area contributed by atoms with Gasteiger partial charge >= 0.3 is 0 Å². The van der Waals surface area contributed by atoms with Crippen LogP contribution >= 0.6 is 0 Å². The third-order valence-corrected chi connectivity index (χ3v) is 4.39. The van der Waals surface area contributed by atoms with E-state index in [0.29, 0.717) is 24.6 Å². The molecule has 2 aromatic rings. The maximum Gasteiger partial charge on any atom is 0.272 e. The van der Waals surface area contributed by atoms with E-state index in [9.17, 15) is 4.79 Å². The molecule has 1 fully saturated rings. The molecule has 27 heavy (non-hydrogen) atoms. The number of anilines is 2. The molecule has 1 aliphatic rings. The van der Waals surface area contributed by atoms with E-state index < -0.39 is 0 Å². The lowest BCUT2D eigenvalue weighted by Gasteiger charge is -2.36. The van der Waals surface area contributed by atoms with Crippen LogP contribution in [-0.4, -0.2) is 59.6 Å². The third kappa shape index (κ3) is 4.87. The molecule has 1 aromatic carbocycles. The number of ether oxygens (including phenoxy) is 1. The monoisotopic (exact) mass is 369 g/mol. The summed E-state index contributed by atoms with van der Waals surface area (Å²) < 4.78 is 5.21. The molecule has 0 aliphatic carbocycles. The Bertz CT molecular complexity index is 778. The van der Waals surface area contributed by atoms with Gasteiger partial charge in [-0.05, 0) is 45.0 Å². The predicted molar refractivity (Wildman–Crippen MR) is 107 cm³/mol. The number of amides is 1. The van der Waals surface area contributed by atoms with E-state index in [1.165, 1.54) is 6.33 Å². The van der Waals surface area contributed by atoms with E-state index in [4.69, 9.17) is 4.74 Å². The van der Waals surface area contributed by atoms with E-state index in [1.54, 1.807) is 13.2 Å². The van der Waals surface area contributed by atoms with Crippen molar-refractivity contribution in [2.45, 2.75) is 26.3 Å². The molecule has 2 heterocycles. The lowest BCUT2D eigenvalue weighted by atomic mass is 10.1. The zero-order chi connectivity index (χ0) is 19.4. The number of piperazine rings is 1. The zero-order valence-corrected chi connectivity index (χ0v) is 16.4. The molecule has 0 bridgehead atoms. The molecule has 3 rings (SSSR count). The number of carbonyl (C=O) groups is 1. The minimum absolute atomic E-state index is 0.0521. The Labute approximate surface area is 160 Å². The average molecular weight is 369 g/mol. The van der Waals surface area contributed by atoms with Crippen LogP contribution in [0.25, 0.3) is 0 Å². The van der Waals surface area contributed by atoms with Crippen LogP contribution in [0.4, 0.5) is 11.5 Å². The van der Waals surface area contributed by atoms with Crippen LogP contribution < -0.4 is 15.0 Å². The summed E-state index contributed by atoms with van der Waals surface area (Å²) in [6, 6.07) is 9.73. The van der Waals surface area contributed by atoms with Crippen molar-refractivity contribution in [2.75, 3.05) is 43.5 Å². The molecular weight excluding hydrogens is 342 g/mol. The van der Waals surface area contributed by atoms with Crippen LogP contribution in [0.3, 0.4) is 0 Å². The fraction of sp³-hybridized carbons (Fsp3) is 0.450. The van der Waals surface area contributed by atoms with E-state index in [-0.39, 0.29) is 11.4 Å². The molecule has 7 heteroatoms. The van der Waals surface area contributed by atoms with Crippen molar-refractivity contribution in [1.29, 1.82) is 0 Å². The molecule has 1 aliphatic heterocycles. The highest BCUT2D eigenvalue weighted by Gasteiger charge is 2.24. The fourth-order valence-corrected chi connectivity index (χ4v) is 3.05. The van der Waals surface area contributed by atoms with Crippen LogP contribution in [0.5, 0.6) is 5.75 Å². The molecule has 0 unspecified atom stereocenters. The molecule has 1 amide bonds. The number of aromatic nitrogens is 2. The lowest BCUT2D eigenvalue weighted by molar-refractivity contribution is 0.0740. The molecule has 144 valence electrons. The van der Waals surface area contributed by atoms with Gasteiger partial charge in [0.05, 0.1) is 7.11 Å². The second kappa shape index (κ2) is 7.82. The fourth-order valence-electron chi connectivity index (χ4n) is 3.05. The SMILES string of the molecule is COc1ccc(N2CCN(C(=O)c3cc(NC(C)(C)C)ncn3)CC2)cc1. The van der Waals surface area contributed by atoms with Gasteiger partial charge in [0.25, 0.3) is 5.91 Å². The quantitative estimate of drug-likeness (QED) is 0.893. The lowest BCUT2D eigenvalue weighted by Crippen LogP contribution is -2.49. The van der Waals surface area contributed by atoms with Gasteiger partial charge in [-0.25, -0.2) is 9.97 Å². The highest BCUT2D eigenvalue weighted by molar-refractivity contribution is 5.93. The molecule has 1 saturated heterocycles. The Morgan fingerprint density at radius 1 is 1.07 bits per heavy atom. The van der Waals surface area contributed by atoms with Crippen LogP contribution in [0.1, 0.15) is 31.3 Å². The van der Waals surface area contributed by atoms with Gasteiger partial charge in [0.15, 0.2) is 0 Å². The summed E-state index contributed by atoms with van der Waals surface area (Å²) in [5.74, 6) is 1.46. The normalized spacial score (nSPS) is 14.8. The first kappa shape index (κ1) is 18.9. The summed E-state index contributed by atoms with van der Waals surface area (Å²) in [5.41, 5.74) is 1.44. The second-order valence-electron chi connectivity index (χ2n) is 7.64. The van der Waals surface area contributed by atoms with E-state index in [2.05, 4.69) is 41.0 Å². The molecular formula is C20H27N5O2. The largest absolute Gasteiger partial charge is 0.497 e. The highest BCUT2D eigenvalue weighted by atomic mass is 16.5. The highest BCUT2D eigenvalue weighted by Crippen LogP contribution is 2.21. The topological polar surface area (TPSA) is 70.6 Å². The van der Waals surface area contributed by atoms with Crippen molar-refractivity contribution in [1.82, 2.24) is 14.9 Å². The number of rotatable bonds is 4. The number of hydrogen-bond acceptors (Lipinski definition) is 6. The van der Waals surface area contributed by atoms with Gasteiger partial charge in [-0.2, -0.15) is 0 Å². The summed E-state index contributed by atoms with van der Waals surface area (Å²) >= 11 is 0. The van der Waals surface area contributed by atoms with E-state index in [1.807, 2.05) is 29.2 Å². The Kier molecular flexibility index (Phi) is 5.48. The van der Waals surface area contributed by atoms with Crippen LogP contribution in [-0.2, 0) is 0 Å². The molecule has 1 N–H and O–H groups in total. The number of nitrogens with zero attached hydrogens (tertiary/aromatic N) is 4. The molecule has 7 nitrogen and oxygen atoms in total. The minimum Gasteiger partial charge on any atom is -0.497 e. The van der Waals surface area contributed by atoms with E-state index in [0.717, 1.165) is 24.5 Å². The van der Waals surface area contributed by atoms with Crippen molar-refractivity contribution < 1.29 is 9.53 Å². The summed E-state index contributed by atoms with van der Waals surface area (Å²) in [6.07, 6.45) is 1.44. The maximum atomic E-state index is 12.8. The van der Waals surface area contributed by atoms with Crippen molar-refractivity contribution in [2.24, 2.45) is 0 Å². The molecule has 0 saturated carbocycles. The first-order valence-corrected chi connectivity index (χ1v) is 9.14. The Balaban J connectivity index is 1.62. The summed E-state index contributed by atoms with van der Waals surface area (Å²) in [7, 11) is 1.66. The summed E-state index contributed by atoms with van der Waals surface area (Å²) in [6.45, 7) is 9.05. The van der Waals surface area contributed by atoms with Crippen LogP contribution in [0.2, 0.25) is 0 Å². The van der Waals surface area contributed by atoms with Gasteiger partial charge in [0.2, 0.25) is 0 Å². The van der Waals surface area contributed by atoms with Crippen LogP contribution in [0, 0.1) is 0 Å². The Hall–Kier alpha value is -2.83. The smallest absolute Gasteiger partial charge is 0.272 e. The number of carbonyl (C=O) groups excluding carboxylic acids is 1. The van der Waals surface area contributed by atoms with Crippen molar-refractivity contribution >= 4 is 17.4 Å². The number of methoxy groups -OCH3 is 1. The zero-order valence-electron chi connectivity index (χ0n) is 16.4. The number of hydrogen-bond donors (Lipinski definition) is 1. The first-order valence-electron chi connectivity index (χ1n) is 9.14. The van der Waals surface area contributed by atoms with Crippen molar-refractivity contribution in [3.63, 3.8) is 0 Å². The maximum absolute atomic E-state index is 12.8. The van der Waals surface area contributed by atoms with E-state index >= 15 is 0 Å². The molecule has 0 radical (unpaired) electrons. The predicted octanol–water partition coefficient (Wildman–Crippen LogP) is 2.66. The third-order valence-electron chi connectivity index (χ3n) is 4.39. The van der Waals surface area contributed by atoms with Gasteiger partial charge in [-0.3, -0.25) is 4.79 Å². The van der Waals surface area contributed by atoms with Gasteiger partial charge < -0.3 is 19.9 Å². The molecule has 0 spiro atoms. The summed E-state index contributed by atoms with van der Waals surface area (Å²) in [5, 5.41) is 3.28. The minimum atomic E-state index is -0.126. The Morgan fingerprint density at radius 2 is 1.74 bits per heavy atom. The van der Waals surface area contributed by atoms with Gasteiger partial charge in [-0.1, -0.05) is 0 Å². The summed E-state index contributed by atoms with van der Waals surface area (Å²) in [4.78, 5) is 25.3. The average Bonchev–Trinajstić information content (AvgIpc) is 2.66. The van der Waals surface area contributed by atoms with Gasteiger partial charge in [0.1, 0.15) is 23.6 Å². The van der Waals surface area contributed by atoms with Gasteiger partial charge in [-0.15, -0.1) is 0 Å². The second-order valence-corrected chi connectivity index (χ2v) is 7.64. The van der Waals surface area contributed by atoms with Gasteiger partial charge in [0, 0.05) is 43.5 Å². The first-order chi connectivity index (χ1) is 12.9. The molecule has 0 atom stereocenters. The van der Waals surface area contributed by atoms with Crippen molar-refractivity contribution in [3.8, 4) is 5.75 Å². The Morgan fingerprint density at radius 3 is 2.33 bits per heavy atom.